The van der Waals surface area contributed by atoms with Gasteiger partial charge in [-0.1, -0.05) is 25.1 Å². The lowest BCUT2D eigenvalue weighted by Gasteiger charge is -2.07. The van der Waals surface area contributed by atoms with Crippen molar-refractivity contribution in [2.24, 2.45) is 5.92 Å². The van der Waals surface area contributed by atoms with Crippen LogP contribution in [0.2, 0.25) is 0 Å². The molecule has 0 radical (unpaired) electrons. The van der Waals surface area contributed by atoms with Crippen molar-refractivity contribution in [1.29, 1.82) is 0 Å². The van der Waals surface area contributed by atoms with Crippen LogP contribution >= 0.6 is 11.8 Å². The molecule has 2 rings (SSSR count). The number of rotatable bonds is 8. The molecule has 7 heteroatoms. The summed E-state index contributed by atoms with van der Waals surface area (Å²) in [6, 6.07) is 9.58. The van der Waals surface area contributed by atoms with E-state index in [4.69, 9.17) is 9.52 Å². The zero-order valence-electron chi connectivity index (χ0n) is 12.7. The van der Waals surface area contributed by atoms with Crippen LogP contribution in [-0.2, 0) is 15.3 Å². The van der Waals surface area contributed by atoms with Crippen LogP contribution in [0.5, 0.6) is 0 Å². The molecule has 1 atom stereocenters. The molecule has 2 N–H and O–H groups in total. The maximum absolute atomic E-state index is 11.6. The molecule has 122 valence electrons. The van der Waals surface area contributed by atoms with Crippen LogP contribution in [0.4, 0.5) is 0 Å². The van der Waals surface area contributed by atoms with E-state index in [0.29, 0.717) is 11.6 Å². The van der Waals surface area contributed by atoms with E-state index in [1.807, 2.05) is 30.3 Å². The molecule has 1 aromatic carbocycles. The normalized spacial score (nSPS) is 11.9. The van der Waals surface area contributed by atoms with Crippen molar-refractivity contribution in [3.63, 3.8) is 0 Å². The first-order chi connectivity index (χ1) is 11.1. The second-order valence-corrected chi connectivity index (χ2v) is 6.03. The van der Waals surface area contributed by atoms with Crippen molar-refractivity contribution in [2.45, 2.75) is 12.7 Å². The Bertz CT molecular complexity index is 657. The number of amides is 1. The Morgan fingerprint density at radius 2 is 2.09 bits per heavy atom. The van der Waals surface area contributed by atoms with Gasteiger partial charge in [-0.3, -0.25) is 9.59 Å². The van der Waals surface area contributed by atoms with Gasteiger partial charge in [0, 0.05) is 17.9 Å². The van der Waals surface area contributed by atoms with Crippen molar-refractivity contribution >= 4 is 23.6 Å². The predicted octanol–water partition coefficient (Wildman–Crippen LogP) is 2.41. The lowest BCUT2D eigenvalue weighted by molar-refractivity contribution is -0.141. The highest BCUT2D eigenvalue weighted by Crippen LogP contribution is 2.20. The summed E-state index contributed by atoms with van der Waals surface area (Å²) >= 11 is 1.40. The van der Waals surface area contributed by atoms with Crippen LogP contribution in [0.15, 0.2) is 41.0 Å². The molecule has 23 heavy (non-hydrogen) atoms. The molecule has 1 aromatic heterocycles. The number of aliphatic carboxylic acids is 1. The van der Waals surface area contributed by atoms with Crippen LogP contribution < -0.4 is 5.32 Å². The van der Waals surface area contributed by atoms with Gasteiger partial charge in [0.05, 0.1) is 17.4 Å². The Kier molecular flexibility index (Phi) is 6.22. The quantitative estimate of drug-likeness (QED) is 0.770. The van der Waals surface area contributed by atoms with E-state index in [9.17, 15) is 9.59 Å². The first-order valence-corrected chi connectivity index (χ1v) is 8.29. The molecular formula is C16H18N2O4S. The minimum atomic E-state index is -0.922. The average Bonchev–Trinajstić information content (AvgIpc) is 3.02. The SMILES string of the molecule is CC(CNC(=O)CSCc1coc(-c2ccccc2)n1)C(=O)O. The molecule has 0 saturated carbocycles. The summed E-state index contributed by atoms with van der Waals surface area (Å²) < 4.78 is 5.42. The van der Waals surface area contributed by atoms with Gasteiger partial charge in [0.2, 0.25) is 11.8 Å². The maximum atomic E-state index is 11.6. The highest BCUT2D eigenvalue weighted by molar-refractivity contribution is 7.99. The topological polar surface area (TPSA) is 92.4 Å². The number of thioether (sulfide) groups is 1. The van der Waals surface area contributed by atoms with Crippen molar-refractivity contribution in [2.75, 3.05) is 12.3 Å². The summed E-state index contributed by atoms with van der Waals surface area (Å²) in [6.45, 7) is 1.69. The lowest BCUT2D eigenvalue weighted by Crippen LogP contribution is -2.32. The van der Waals surface area contributed by atoms with Gasteiger partial charge in [0.15, 0.2) is 0 Å². The number of carboxylic acid groups (broad SMARTS) is 1. The highest BCUT2D eigenvalue weighted by Gasteiger charge is 2.12. The van der Waals surface area contributed by atoms with E-state index in [-0.39, 0.29) is 18.2 Å². The van der Waals surface area contributed by atoms with Gasteiger partial charge in [-0.05, 0) is 12.1 Å². The van der Waals surface area contributed by atoms with Gasteiger partial charge in [-0.25, -0.2) is 4.98 Å². The summed E-state index contributed by atoms with van der Waals surface area (Å²) in [5, 5.41) is 11.3. The van der Waals surface area contributed by atoms with Gasteiger partial charge in [0.1, 0.15) is 6.26 Å². The van der Waals surface area contributed by atoms with Crippen molar-refractivity contribution in [1.82, 2.24) is 10.3 Å². The third-order valence-corrected chi connectivity index (χ3v) is 4.05. The van der Waals surface area contributed by atoms with Crippen LogP contribution in [0.3, 0.4) is 0 Å². The number of carbonyl (C=O) groups excluding carboxylic acids is 1. The van der Waals surface area contributed by atoms with Gasteiger partial charge in [-0.2, -0.15) is 0 Å². The van der Waals surface area contributed by atoms with E-state index in [0.717, 1.165) is 11.3 Å². The monoisotopic (exact) mass is 334 g/mol. The fourth-order valence-corrected chi connectivity index (χ4v) is 2.47. The molecule has 0 fully saturated rings. The number of carbonyl (C=O) groups is 2. The second kappa shape index (κ2) is 8.38. The molecule has 0 spiro atoms. The minimum Gasteiger partial charge on any atom is -0.481 e. The number of nitrogens with zero attached hydrogens (tertiary/aromatic N) is 1. The lowest BCUT2D eigenvalue weighted by atomic mass is 10.2. The van der Waals surface area contributed by atoms with Gasteiger partial charge in [0.25, 0.3) is 0 Å². The summed E-state index contributed by atoms with van der Waals surface area (Å²) in [7, 11) is 0. The third kappa shape index (κ3) is 5.45. The number of hydrogen-bond acceptors (Lipinski definition) is 5. The van der Waals surface area contributed by atoms with E-state index >= 15 is 0 Å². The zero-order chi connectivity index (χ0) is 16.7. The molecule has 2 aromatic rings. The molecule has 0 bridgehead atoms. The van der Waals surface area contributed by atoms with E-state index < -0.39 is 11.9 Å². The maximum Gasteiger partial charge on any atom is 0.308 e. The number of carboxylic acids is 1. The van der Waals surface area contributed by atoms with E-state index in [1.165, 1.54) is 11.8 Å². The molecule has 1 unspecified atom stereocenters. The van der Waals surface area contributed by atoms with Gasteiger partial charge >= 0.3 is 5.97 Å². The Balaban J connectivity index is 1.73. The van der Waals surface area contributed by atoms with Crippen molar-refractivity contribution in [3.8, 4) is 11.5 Å². The fraction of sp³-hybridized carbons (Fsp3) is 0.312. The van der Waals surface area contributed by atoms with Crippen LogP contribution in [0.25, 0.3) is 11.5 Å². The fourth-order valence-electron chi connectivity index (χ4n) is 1.74. The summed E-state index contributed by atoms with van der Waals surface area (Å²) in [6.07, 6.45) is 1.58. The van der Waals surface area contributed by atoms with Crippen LogP contribution in [-0.4, -0.2) is 34.3 Å². The van der Waals surface area contributed by atoms with E-state index in [2.05, 4.69) is 10.3 Å². The molecule has 0 aliphatic carbocycles. The molecule has 0 aliphatic heterocycles. The molecule has 6 nitrogen and oxygen atoms in total. The number of nitrogens with one attached hydrogen (secondary N) is 1. The first-order valence-electron chi connectivity index (χ1n) is 7.13. The minimum absolute atomic E-state index is 0.136. The van der Waals surface area contributed by atoms with E-state index in [1.54, 1.807) is 13.2 Å². The summed E-state index contributed by atoms with van der Waals surface area (Å²) in [5.74, 6) is -0.337. The largest absolute Gasteiger partial charge is 0.481 e. The van der Waals surface area contributed by atoms with Crippen LogP contribution in [0.1, 0.15) is 12.6 Å². The average molecular weight is 334 g/mol. The summed E-state index contributed by atoms with van der Waals surface area (Å²) in [5.41, 5.74) is 1.67. The zero-order valence-corrected chi connectivity index (χ0v) is 13.5. The highest BCUT2D eigenvalue weighted by atomic mass is 32.2. The number of hydrogen-bond donors (Lipinski definition) is 2. The van der Waals surface area contributed by atoms with Gasteiger partial charge < -0.3 is 14.8 Å². The molecular weight excluding hydrogens is 316 g/mol. The Hall–Kier alpha value is -2.28. The number of oxazole rings is 1. The molecule has 0 aliphatic rings. The number of aromatic nitrogens is 1. The Morgan fingerprint density at radius 3 is 2.78 bits per heavy atom. The molecule has 1 heterocycles. The first kappa shape index (κ1) is 17.1. The molecule has 0 saturated heterocycles. The van der Waals surface area contributed by atoms with Crippen molar-refractivity contribution in [3.05, 3.63) is 42.3 Å². The van der Waals surface area contributed by atoms with Crippen molar-refractivity contribution < 1.29 is 19.1 Å². The van der Waals surface area contributed by atoms with Crippen LogP contribution in [0, 0.1) is 5.92 Å². The Morgan fingerprint density at radius 1 is 1.35 bits per heavy atom. The third-order valence-electron chi connectivity index (χ3n) is 3.08. The predicted molar refractivity (Wildman–Crippen MR) is 87.9 cm³/mol. The molecule has 1 amide bonds. The second-order valence-electron chi connectivity index (χ2n) is 5.05. The summed E-state index contributed by atoms with van der Waals surface area (Å²) in [4.78, 5) is 26.7. The Labute approximate surface area is 138 Å². The standard InChI is InChI=1S/C16H18N2O4S/c1-11(16(20)21)7-17-14(19)10-23-9-13-8-22-15(18-13)12-5-3-2-4-6-12/h2-6,8,11H,7,9-10H2,1H3,(H,17,19)(H,20,21). The smallest absolute Gasteiger partial charge is 0.308 e. The van der Waals surface area contributed by atoms with Gasteiger partial charge in [-0.15, -0.1) is 11.8 Å². The number of benzene rings is 1.